The van der Waals surface area contributed by atoms with Crippen LogP contribution in [0.5, 0.6) is 5.75 Å². The Kier molecular flexibility index (Phi) is 5.40. The molecule has 0 heterocycles. The zero-order valence-corrected chi connectivity index (χ0v) is 12.1. The summed E-state index contributed by atoms with van der Waals surface area (Å²) < 4.78 is 7.48. The molecular weight excluding hydrogens is 369 g/mol. The van der Waals surface area contributed by atoms with E-state index in [2.05, 4.69) is 51.5 Å². The van der Waals surface area contributed by atoms with E-state index in [4.69, 9.17) is 10.00 Å². The van der Waals surface area contributed by atoms with Crippen molar-refractivity contribution in [1.82, 2.24) is 0 Å². The van der Waals surface area contributed by atoms with E-state index in [0.29, 0.717) is 17.9 Å². The quantitative estimate of drug-likeness (QED) is 0.582. The van der Waals surface area contributed by atoms with Gasteiger partial charge in [0.05, 0.1) is 15.7 Å². The van der Waals surface area contributed by atoms with Crippen molar-refractivity contribution in [2.24, 2.45) is 0 Å². The molecule has 1 aromatic carbocycles. The topological polar surface area (TPSA) is 33.0 Å². The van der Waals surface area contributed by atoms with Crippen molar-refractivity contribution in [2.45, 2.75) is 19.8 Å². The monoisotopic (exact) mass is 379 g/mol. The molecule has 4 heteroatoms. The maximum absolute atomic E-state index is 8.97. The summed E-state index contributed by atoms with van der Waals surface area (Å²) in [5, 5.41) is 8.97. The molecule has 15 heavy (non-hydrogen) atoms. The van der Waals surface area contributed by atoms with Gasteiger partial charge in [-0.15, -0.1) is 0 Å². The molecule has 0 aliphatic carbocycles. The summed E-state index contributed by atoms with van der Waals surface area (Å²) in [7, 11) is 0. The van der Waals surface area contributed by atoms with Gasteiger partial charge in [0, 0.05) is 4.47 Å². The molecule has 1 rings (SSSR count). The average molecular weight is 380 g/mol. The highest BCUT2D eigenvalue weighted by Gasteiger charge is 2.09. The number of nitrogens with zero attached hydrogens (tertiary/aromatic N) is 1. The first kappa shape index (κ1) is 12.8. The van der Waals surface area contributed by atoms with Crippen LogP contribution in [0.15, 0.2) is 16.6 Å². The average Bonchev–Trinajstić information content (AvgIpc) is 2.20. The van der Waals surface area contributed by atoms with Gasteiger partial charge >= 0.3 is 0 Å². The van der Waals surface area contributed by atoms with Crippen molar-refractivity contribution in [3.05, 3.63) is 25.7 Å². The molecule has 0 amide bonds. The van der Waals surface area contributed by atoms with E-state index in [1.54, 1.807) is 6.07 Å². The lowest BCUT2D eigenvalue weighted by Crippen LogP contribution is -2.00. The van der Waals surface area contributed by atoms with Crippen LogP contribution in [0.4, 0.5) is 0 Å². The highest BCUT2D eigenvalue weighted by molar-refractivity contribution is 14.1. The third kappa shape index (κ3) is 3.65. The number of rotatable bonds is 4. The molecule has 0 aromatic heterocycles. The summed E-state index contributed by atoms with van der Waals surface area (Å²) in [4.78, 5) is 0. The van der Waals surface area contributed by atoms with Crippen molar-refractivity contribution in [2.75, 3.05) is 6.61 Å². The van der Waals surface area contributed by atoms with E-state index in [-0.39, 0.29) is 0 Å². The van der Waals surface area contributed by atoms with Gasteiger partial charge in [-0.05, 0) is 41.1 Å². The van der Waals surface area contributed by atoms with E-state index >= 15 is 0 Å². The van der Waals surface area contributed by atoms with Crippen molar-refractivity contribution in [3.8, 4) is 11.8 Å². The molecule has 0 atom stereocenters. The highest BCUT2D eigenvalue weighted by atomic mass is 127. The summed E-state index contributed by atoms with van der Waals surface area (Å²) in [5.41, 5.74) is 0.588. The standard InChI is InChI=1S/C11H11BrINO/c1-2-3-4-15-11-8(7-14)5-9(12)6-10(11)13/h5-6H,2-4H2,1H3. The molecule has 1 aromatic rings. The largest absolute Gasteiger partial charge is 0.491 e. The van der Waals surface area contributed by atoms with E-state index in [0.717, 1.165) is 20.9 Å². The lowest BCUT2D eigenvalue weighted by Gasteiger charge is -2.09. The maximum atomic E-state index is 8.97. The lowest BCUT2D eigenvalue weighted by molar-refractivity contribution is 0.306. The molecule has 0 saturated carbocycles. The predicted octanol–water partition coefficient (Wildman–Crippen LogP) is 4.10. The van der Waals surface area contributed by atoms with Gasteiger partial charge in [0.1, 0.15) is 11.8 Å². The molecule has 0 spiro atoms. The summed E-state index contributed by atoms with van der Waals surface area (Å²) >= 11 is 5.54. The molecule has 2 nitrogen and oxygen atoms in total. The summed E-state index contributed by atoms with van der Waals surface area (Å²) in [6.45, 7) is 2.78. The van der Waals surface area contributed by atoms with Crippen LogP contribution in [0, 0.1) is 14.9 Å². The lowest BCUT2D eigenvalue weighted by atomic mass is 10.2. The second-order valence-electron chi connectivity index (χ2n) is 3.08. The molecule has 0 N–H and O–H groups in total. The van der Waals surface area contributed by atoms with Crippen molar-refractivity contribution in [1.29, 1.82) is 5.26 Å². The maximum Gasteiger partial charge on any atom is 0.150 e. The van der Waals surface area contributed by atoms with Gasteiger partial charge in [-0.25, -0.2) is 0 Å². The van der Waals surface area contributed by atoms with Gasteiger partial charge in [0.2, 0.25) is 0 Å². The second-order valence-corrected chi connectivity index (χ2v) is 5.16. The zero-order valence-electron chi connectivity index (χ0n) is 8.39. The Morgan fingerprint density at radius 2 is 2.27 bits per heavy atom. The predicted molar refractivity (Wildman–Crippen MR) is 72.0 cm³/mol. The van der Waals surface area contributed by atoms with E-state index < -0.39 is 0 Å². The molecule has 0 fully saturated rings. The SMILES string of the molecule is CCCCOc1c(I)cc(Br)cc1C#N. The van der Waals surface area contributed by atoms with Gasteiger partial charge in [-0.1, -0.05) is 29.3 Å². The van der Waals surface area contributed by atoms with Crippen LogP contribution in [0.1, 0.15) is 25.3 Å². The Labute approximate surface area is 112 Å². The van der Waals surface area contributed by atoms with Crippen LogP contribution >= 0.6 is 38.5 Å². The second kappa shape index (κ2) is 6.33. The number of benzene rings is 1. The highest BCUT2D eigenvalue weighted by Crippen LogP contribution is 2.29. The molecule has 0 unspecified atom stereocenters. The number of unbranched alkanes of at least 4 members (excludes halogenated alkanes) is 1. The zero-order chi connectivity index (χ0) is 11.3. The van der Waals surface area contributed by atoms with Crippen molar-refractivity contribution < 1.29 is 4.74 Å². The smallest absolute Gasteiger partial charge is 0.150 e. The van der Waals surface area contributed by atoms with E-state index in [9.17, 15) is 0 Å². The molecule has 0 bridgehead atoms. The van der Waals surface area contributed by atoms with E-state index in [1.807, 2.05) is 6.07 Å². The number of hydrogen-bond acceptors (Lipinski definition) is 2. The van der Waals surface area contributed by atoms with Crippen molar-refractivity contribution >= 4 is 38.5 Å². The molecule has 80 valence electrons. The first-order valence-electron chi connectivity index (χ1n) is 4.71. The number of ether oxygens (including phenoxy) is 1. The molecule has 0 aliphatic rings. The van der Waals surface area contributed by atoms with Crippen LogP contribution in [-0.2, 0) is 0 Å². The fourth-order valence-corrected chi connectivity index (χ4v) is 2.78. The van der Waals surface area contributed by atoms with Crippen LogP contribution in [0.2, 0.25) is 0 Å². The van der Waals surface area contributed by atoms with Crippen LogP contribution < -0.4 is 4.74 Å². The summed E-state index contributed by atoms with van der Waals surface area (Å²) in [5.74, 6) is 0.703. The first-order chi connectivity index (χ1) is 7.19. The van der Waals surface area contributed by atoms with E-state index in [1.165, 1.54) is 0 Å². The molecule has 0 aliphatic heterocycles. The Morgan fingerprint density at radius 3 is 2.87 bits per heavy atom. The minimum Gasteiger partial charge on any atom is -0.491 e. The Hall–Kier alpha value is -0.280. The van der Waals surface area contributed by atoms with Crippen molar-refractivity contribution in [3.63, 3.8) is 0 Å². The Bertz CT molecular complexity index is 387. The van der Waals surface area contributed by atoms with Crippen LogP contribution in [-0.4, -0.2) is 6.61 Å². The molecule has 0 saturated heterocycles. The third-order valence-corrected chi connectivity index (χ3v) is 3.13. The fourth-order valence-electron chi connectivity index (χ4n) is 1.11. The number of halogens is 2. The number of nitriles is 1. The van der Waals surface area contributed by atoms with Crippen LogP contribution in [0.3, 0.4) is 0 Å². The first-order valence-corrected chi connectivity index (χ1v) is 6.58. The summed E-state index contributed by atoms with van der Waals surface area (Å²) in [6, 6.07) is 5.87. The van der Waals surface area contributed by atoms with Gasteiger partial charge in [0.15, 0.2) is 0 Å². The van der Waals surface area contributed by atoms with Gasteiger partial charge in [0.25, 0.3) is 0 Å². The minimum atomic E-state index is 0.588. The van der Waals surface area contributed by atoms with Gasteiger partial charge in [-0.3, -0.25) is 0 Å². The molecule has 0 radical (unpaired) electrons. The normalized spacial score (nSPS) is 9.73. The number of hydrogen-bond donors (Lipinski definition) is 0. The van der Waals surface area contributed by atoms with Crippen LogP contribution in [0.25, 0.3) is 0 Å². The molecular formula is C11H11BrINO. The van der Waals surface area contributed by atoms with Gasteiger partial charge in [-0.2, -0.15) is 5.26 Å². The summed E-state index contributed by atoms with van der Waals surface area (Å²) in [6.07, 6.45) is 2.10. The minimum absolute atomic E-state index is 0.588. The Balaban J connectivity index is 2.90. The van der Waals surface area contributed by atoms with Gasteiger partial charge < -0.3 is 4.74 Å². The fraction of sp³-hybridized carbons (Fsp3) is 0.364. The third-order valence-electron chi connectivity index (χ3n) is 1.87. The Morgan fingerprint density at radius 1 is 1.53 bits per heavy atom.